The molecule has 1 aromatic heterocycles. The smallest absolute Gasteiger partial charge is 0.328 e. The molecule has 0 bridgehead atoms. The van der Waals surface area contributed by atoms with Crippen LogP contribution in [0.25, 0.3) is 0 Å². The number of nitriles is 1. The molecular formula is C12H11N3O4. The Morgan fingerprint density at radius 1 is 1.53 bits per heavy atom. The molecule has 2 heterocycles. The van der Waals surface area contributed by atoms with Gasteiger partial charge in [0.25, 0.3) is 5.91 Å². The molecule has 19 heavy (non-hydrogen) atoms. The molecule has 2 rings (SSSR count). The number of carbonyl (C=O) groups is 2. The number of hydrogen-bond acceptors (Lipinski definition) is 5. The second-order valence-electron chi connectivity index (χ2n) is 3.97. The van der Waals surface area contributed by atoms with Gasteiger partial charge in [-0.3, -0.25) is 4.79 Å². The summed E-state index contributed by atoms with van der Waals surface area (Å²) in [6.07, 6.45) is 1.28. The predicted octanol–water partition coefficient (Wildman–Crippen LogP) is -0.121. The molecule has 1 aromatic rings. The fraction of sp³-hybridized carbons (Fsp3) is 0.333. The number of nitrogens with zero attached hydrogens (tertiary/aromatic N) is 3. The number of rotatable bonds is 2. The van der Waals surface area contributed by atoms with Crippen LogP contribution in [0.15, 0.2) is 18.3 Å². The van der Waals surface area contributed by atoms with Crippen LogP contribution in [0.1, 0.15) is 16.1 Å². The van der Waals surface area contributed by atoms with E-state index >= 15 is 0 Å². The Morgan fingerprint density at radius 3 is 2.89 bits per heavy atom. The van der Waals surface area contributed by atoms with Gasteiger partial charge in [0.15, 0.2) is 6.04 Å². The van der Waals surface area contributed by atoms with Crippen molar-refractivity contribution >= 4 is 11.9 Å². The number of aromatic nitrogens is 1. The largest absolute Gasteiger partial charge is 0.480 e. The Bertz CT molecular complexity index is 535. The van der Waals surface area contributed by atoms with Crippen LogP contribution in [-0.2, 0) is 9.53 Å². The van der Waals surface area contributed by atoms with Gasteiger partial charge in [-0.05, 0) is 12.1 Å². The average molecular weight is 261 g/mol. The molecule has 0 aliphatic carbocycles. The minimum atomic E-state index is -1.11. The first kappa shape index (κ1) is 13.0. The molecule has 98 valence electrons. The number of aliphatic carboxylic acids is 1. The topological polar surface area (TPSA) is 104 Å². The first-order chi connectivity index (χ1) is 9.13. The minimum absolute atomic E-state index is 0.0304. The van der Waals surface area contributed by atoms with Crippen LogP contribution in [0.3, 0.4) is 0 Å². The minimum Gasteiger partial charge on any atom is -0.480 e. The summed E-state index contributed by atoms with van der Waals surface area (Å²) < 4.78 is 5.06. The first-order valence-electron chi connectivity index (χ1n) is 5.61. The molecule has 7 nitrogen and oxygen atoms in total. The second kappa shape index (κ2) is 5.46. The van der Waals surface area contributed by atoms with Crippen molar-refractivity contribution in [2.45, 2.75) is 6.04 Å². The van der Waals surface area contributed by atoms with Crippen molar-refractivity contribution in [1.29, 1.82) is 5.26 Å². The van der Waals surface area contributed by atoms with Gasteiger partial charge in [0.1, 0.15) is 11.8 Å². The van der Waals surface area contributed by atoms with Gasteiger partial charge in [-0.15, -0.1) is 0 Å². The zero-order valence-electron chi connectivity index (χ0n) is 9.94. The second-order valence-corrected chi connectivity index (χ2v) is 3.97. The maximum Gasteiger partial charge on any atom is 0.328 e. The van der Waals surface area contributed by atoms with Gasteiger partial charge in [0.2, 0.25) is 0 Å². The highest BCUT2D eigenvalue weighted by Crippen LogP contribution is 2.12. The Kier molecular flexibility index (Phi) is 3.73. The first-order valence-corrected chi connectivity index (χ1v) is 5.61. The Labute approximate surface area is 109 Å². The third kappa shape index (κ3) is 2.69. The Hall–Kier alpha value is -2.46. The molecule has 0 radical (unpaired) electrons. The van der Waals surface area contributed by atoms with E-state index in [1.165, 1.54) is 23.2 Å². The van der Waals surface area contributed by atoms with E-state index in [1.807, 2.05) is 6.07 Å². The molecule has 1 fully saturated rings. The van der Waals surface area contributed by atoms with Crippen molar-refractivity contribution in [3.63, 3.8) is 0 Å². The summed E-state index contributed by atoms with van der Waals surface area (Å²) in [5, 5.41) is 17.7. The molecule has 0 spiro atoms. The molecule has 1 atom stereocenters. The molecule has 1 amide bonds. The van der Waals surface area contributed by atoms with E-state index in [0.717, 1.165) is 0 Å². The lowest BCUT2D eigenvalue weighted by Gasteiger charge is -2.32. The zero-order chi connectivity index (χ0) is 13.8. The molecule has 1 unspecified atom stereocenters. The number of amides is 1. The van der Waals surface area contributed by atoms with Crippen molar-refractivity contribution in [1.82, 2.24) is 9.88 Å². The average Bonchev–Trinajstić information content (AvgIpc) is 2.46. The van der Waals surface area contributed by atoms with Gasteiger partial charge in [-0.2, -0.15) is 5.26 Å². The van der Waals surface area contributed by atoms with Gasteiger partial charge in [0.05, 0.1) is 18.8 Å². The van der Waals surface area contributed by atoms with E-state index in [1.54, 1.807) is 0 Å². The van der Waals surface area contributed by atoms with Crippen LogP contribution in [0, 0.1) is 11.3 Å². The zero-order valence-corrected chi connectivity index (χ0v) is 9.94. The van der Waals surface area contributed by atoms with Crippen LogP contribution in [0.4, 0.5) is 0 Å². The predicted molar refractivity (Wildman–Crippen MR) is 62.2 cm³/mol. The van der Waals surface area contributed by atoms with Crippen molar-refractivity contribution in [2.75, 3.05) is 19.8 Å². The van der Waals surface area contributed by atoms with E-state index in [2.05, 4.69) is 4.98 Å². The molecule has 7 heteroatoms. The van der Waals surface area contributed by atoms with Crippen LogP contribution < -0.4 is 0 Å². The van der Waals surface area contributed by atoms with Crippen LogP contribution >= 0.6 is 0 Å². The summed E-state index contributed by atoms with van der Waals surface area (Å²) in [5.74, 6) is -1.58. The SMILES string of the molecule is N#Cc1ccc(C(=O)N2CCOCC2C(=O)O)nc1. The maximum absolute atomic E-state index is 12.2. The van der Waals surface area contributed by atoms with Gasteiger partial charge in [0, 0.05) is 12.7 Å². The highest BCUT2D eigenvalue weighted by molar-refractivity contribution is 5.95. The van der Waals surface area contributed by atoms with Crippen molar-refractivity contribution in [2.24, 2.45) is 0 Å². The van der Waals surface area contributed by atoms with Crippen LogP contribution in [0.5, 0.6) is 0 Å². The fourth-order valence-corrected chi connectivity index (χ4v) is 1.78. The highest BCUT2D eigenvalue weighted by atomic mass is 16.5. The van der Waals surface area contributed by atoms with Crippen LogP contribution in [0.2, 0.25) is 0 Å². The summed E-state index contributed by atoms with van der Waals surface area (Å²) in [4.78, 5) is 28.3. The quantitative estimate of drug-likeness (QED) is 0.795. The number of hydrogen-bond donors (Lipinski definition) is 1. The molecule has 1 aliphatic heterocycles. The van der Waals surface area contributed by atoms with E-state index < -0.39 is 17.9 Å². The molecule has 1 aliphatic rings. The normalized spacial score (nSPS) is 18.7. The standard InChI is InChI=1S/C12H11N3O4/c13-5-8-1-2-9(14-6-8)11(16)15-3-4-19-7-10(15)12(17)18/h1-2,6,10H,3-4,7H2,(H,17,18). The van der Waals surface area contributed by atoms with E-state index in [-0.39, 0.29) is 18.8 Å². The number of carboxylic acids is 1. The summed E-state index contributed by atoms with van der Waals surface area (Å²) in [6, 6.07) is 3.78. The highest BCUT2D eigenvalue weighted by Gasteiger charge is 2.33. The van der Waals surface area contributed by atoms with Crippen LogP contribution in [-0.4, -0.2) is 52.7 Å². The molecular weight excluding hydrogens is 250 g/mol. The molecule has 1 N–H and O–H groups in total. The lowest BCUT2D eigenvalue weighted by atomic mass is 10.2. The number of morpholine rings is 1. The monoisotopic (exact) mass is 261 g/mol. The van der Waals surface area contributed by atoms with Gasteiger partial charge in [-0.25, -0.2) is 9.78 Å². The van der Waals surface area contributed by atoms with E-state index in [4.69, 9.17) is 15.1 Å². The number of pyridine rings is 1. The van der Waals surface area contributed by atoms with Crippen molar-refractivity contribution < 1.29 is 19.4 Å². The summed E-state index contributed by atoms with van der Waals surface area (Å²) >= 11 is 0. The van der Waals surface area contributed by atoms with E-state index in [9.17, 15) is 9.59 Å². The lowest BCUT2D eigenvalue weighted by molar-refractivity contribution is -0.147. The number of carbonyl (C=O) groups excluding carboxylic acids is 1. The Morgan fingerprint density at radius 2 is 2.32 bits per heavy atom. The molecule has 0 saturated carbocycles. The summed E-state index contributed by atoms with van der Waals surface area (Å²) in [5.41, 5.74) is 0.459. The van der Waals surface area contributed by atoms with Crippen molar-refractivity contribution in [3.05, 3.63) is 29.6 Å². The Balaban J connectivity index is 2.21. The summed E-state index contributed by atoms with van der Waals surface area (Å²) in [7, 11) is 0. The number of carboxylic acid groups (broad SMARTS) is 1. The summed E-state index contributed by atoms with van der Waals surface area (Å²) in [6.45, 7) is 0.473. The molecule has 0 aromatic carbocycles. The number of ether oxygens (including phenoxy) is 1. The maximum atomic E-state index is 12.2. The molecule has 1 saturated heterocycles. The third-order valence-electron chi connectivity index (χ3n) is 2.79. The lowest BCUT2D eigenvalue weighted by Crippen LogP contribution is -2.52. The van der Waals surface area contributed by atoms with Gasteiger partial charge >= 0.3 is 5.97 Å². The fourth-order valence-electron chi connectivity index (χ4n) is 1.78. The van der Waals surface area contributed by atoms with Gasteiger partial charge < -0.3 is 14.7 Å². The van der Waals surface area contributed by atoms with Crippen molar-refractivity contribution in [3.8, 4) is 6.07 Å². The third-order valence-corrected chi connectivity index (χ3v) is 2.79. The van der Waals surface area contributed by atoms with E-state index in [0.29, 0.717) is 12.2 Å². The van der Waals surface area contributed by atoms with Gasteiger partial charge in [-0.1, -0.05) is 0 Å².